The van der Waals surface area contributed by atoms with Crippen LogP contribution in [0.15, 0.2) is 48.7 Å². The standard InChI is InChI=1S/C19H20ClN5O2/c1-26-16-8-7-13(9-17(16)27-2)10-21-18-12-23-25-19(24-18)22-11-14-5-3-4-6-15(14)20/h3-9,12H,10-11H2,1-2H3,(H2,21,22,24,25). The van der Waals surface area contributed by atoms with Crippen molar-refractivity contribution in [3.63, 3.8) is 0 Å². The molecule has 0 atom stereocenters. The molecule has 8 heteroatoms. The van der Waals surface area contributed by atoms with Gasteiger partial charge in [0.2, 0.25) is 5.95 Å². The van der Waals surface area contributed by atoms with Gasteiger partial charge in [-0.25, -0.2) is 0 Å². The normalized spacial score (nSPS) is 10.3. The lowest BCUT2D eigenvalue weighted by Crippen LogP contribution is -2.08. The number of benzene rings is 2. The van der Waals surface area contributed by atoms with Crippen LogP contribution in [-0.4, -0.2) is 29.4 Å². The van der Waals surface area contributed by atoms with Crippen molar-refractivity contribution in [1.82, 2.24) is 15.2 Å². The van der Waals surface area contributed by atoms with Crippen LogP contribution < -0.4 is 20.1 Å². The number of rotatable bonds is 8. The molecule has 3 aromatic rings. The Kier molecular flexibility index (Phi) is 6.27. The van der Waals surface area contributed by atoms with Gasteiger partial charge < -0.3 is 20.1 Å². The van der Waals surface area contributed by atoms with Crippen molar-refractivity contribution >= 4 is 23.4 Å². The zero-order valence-corrected chi connectivity index (χ0v) is 15.8. The maximum Gasteiger partial charge on any atom is 0.244 e. The summed E-state index contributed by atoms with van der Waals surface area (Å²) < 4.78 is 10.6. The lowest BCUT2D eigenvalue weighted by molar-refractivity contribution is 0.354. The van der Waals surface area contributed by atoms with E-state index in [1.165, 1.54) is 0 Å². The molecule has 0 saturated carbocycles. The van der Waals surface area contributed by atoms with Crippen molar-refractivity contribution in [1.29, 1.82) is 0 Å². The molecule has 1 aromatic heterocycles. The monoisotopic (exact) mass is 385 g/mol. The number of ether oxygens (including phenoxy) is 2. The zero-order valence-electron chi connectivity index (χ0n) is 15.1. The van der Waals surface area contributed by atoms with E-state index < -0.39 is 0 Å². The van der Waals surface area contributed by atoms with E-state index in [1.807, 2.05) is 42.5 Å². The SMILES string of the molecule is COc1ccc(CNc2cnnc(NCc3ccccc3Cl)n2)cc1OC. The summed E-state index contributed by atoms with van der Waals surface area (Å²) in [6.45, 7) is 1.07. The maximum atomic E-state index is 6.16. The van der Waals surface area contributed by atoms with Crippen molar-refractivity contribution in [3.8, 4) is 11.5 Å². The molecule has 0 spiro atoms. The molecule has 0 saturated heterocycles. The number of nitrogens with one attached hydrogen (secondary N) is 2. The van der Waals surface area contributed by atoms with Gasteiger partial charge in [-0.15, -0.1) is 5.10 Å². The second-order valence-electron chi connectivity index (χ2n) is 5.65. The molecule has 0 bridgehead atoms. The van der Waals surface area contributed by atoms with Gasteiger partial charge in [-0.05, 0) is 29.3 Å². The lowest BCUT2D eigenvalue weighted by Gasteiger charge is -2.11. The van der Waals surface area contributed by atoms with Crippen molar-refractivity contribution in [3.05, 3.63) is 64.8 Å². The van der Waals surface area contributed by atoms with E-state index in [-0.39, 0.29) is 0 Å². The van der Waals surface area contributed by atoms with Gasteiger partial charge >= 0.3 is 0 Å². The Hall–Kier alpha value is -3.06. The number of hydrogen-bond donors (Lipinski definition) is 2. The van der Waals surface area contributed by atoms with Crippen LogP contribution in [0.1, 0.15) is 11.1 Å². The predicted octanol–water partition coefficient (Wildman–Crippen LogP) is 3.77. The van der Waals surface area contributed by atoms with Crippen molar-refractivity contribution in [2.45, 2.75) is 13.1 Å². The fraction of sp³-hybridized carbons (Fsp3) is 0.211. The van der Waals surface area contributed by atoms with Crippen LogP contribution in [0, 0.1) is 0 Å². The number of anilines is 2. The molecule has 27 heavy (non-hydrogen) atoms. The van der Waals surface area contributed by atoms with Crippen LogP contribution in [0.2, 0.25) is 5.02 Å². The van der Waals surface area contributed by atoms with Gasteiger partial charge in [0.05, 0.1) is 20.4 Å². The Morgan fingerprint density at radius 3 is 2.56 bits per heavy atom. The van der Waals surface area contributed by atoms with E-state index in [0.717, 1.165) is 11.1 Å². The smallest absolute Gasteiger partial charge is 0.244 e. The van der Waals surface area contributed by atoms with Crippen LogP contribution in [0.25, 0.3) is 0 Å². The van der Waals surface area contributed by atoms with Crippen molar-refractivity contribution in [2.75, 3.05) is 24.9 Å². The second kappa shape index (κ2) is 9.05. The lowest BCUT2D eigenvalue weighted by atomic mass is 10.2. The first kappa shape index (κ1) is 18.7. The average Bonchev–Trinajstić information content (AvgIpc) is 2.71. The third-order valence-electron chi connectivity index (χ3n) is 3.88. The highest BCUT2D eigenvalue weighted by atomic mass is 35.5. The highest BCUT2D eigenvalue weighted by molar-refractivity contribution is 6.31. The Labute approximate surface area is 162 Å². The molecule has 0 fully saturated rings. The number of methoxy groups -OCH3 is 2. The summed E-state index contributed by atoms with van der Waals surface area (Å²) in [5, 5.41) is 15.0. The van der Waals surface area contributed by atoms with Crippen LogP contribution in [-0.2, 0) is 13.1 Å². The van der Waals surface area contributed by atoms with E-state index in [0.29, 0.717) is 41.4 Å². The molecule has 0 aliphatic carbocycles. The molecule has 7 nitrogen and oxygen atoms in total. The number of nitrogens with zero attached hydrogens (tertiary/aromatic N) is 3. The summed E-state index contributed by atoms with van der Waals surface area (Å²) in [5.74, 6) is 2.41. The third kappa shape index (κ3) is 4.98. The van der Waals surface area contributed by atoms with Crippen LogP contribution >= 0.6 is 11.6 Å². The van der Waals surface area contributed by atoms with Gasteiger partial charge in [0.25, 0.3) is 0 Å². The maximum absolute atomic E-state index is 6.16. The quantitative estimate of drug-likeness (QED) is 0.610. The Morgan fingerprint density at radius 1 is 0.963 bits per heavy atom. The van der Waals surface area contributed by atoms with Gasteiger partial charge in [-0.1, -0.05) is 35.9 Å². The minimum Gasteiger partial charge on any atom is -0.493 e. The van der Waals surface area contributed by atoms with Crippen LogP contribution in [0.3, 0.4) is 0 Å². The summed E-state index contributed by atoms with van der Waals surface area (Å²) in [5.41, 5.74) is 1.99. The molecule has 2 N–H and O–H groups in total. The summed E-state index contributed by atoms with van der Waals surface area (Å²) in [6.07, 6.45) is 1.57. The molecule has 0 amide bonds. The summed E-state index contributed by atoms with van der Waals surface area (Å²) in [7, 11) is 3.22. The van der Waals surface area contributed by atoms with Gasteiger partial charge in [0.1, 0.15) is 0 Å². The molecule has 140 valence electrons. The fourth-order valence-corrected chi connectivity index (χ4v) is 2.67. The zero-order chi connectivity index (χ0) is 19.1. The van der Waals surface area contributed by atoms with Crippen molar-refractivity contribution < 1.29 is 9.47 Å². The molecular formula is C19H20ClN5O2. The first-order chi connectivity index (χ1) is 13.2. The van der Waals surface area contributed by atoms with Gasteiger partial charge in [-0.2, -0.15) is 10.1 Å². The topological polar surface area (TPSA) is 81.2 Å². The Morgan fingerprint density at radius 2 is 1.78 bits per heavy atom. The molecule has 0 aliphatic rings. The number of aromatic nitrogens is 3. The highest BCUT2D eigenvalue weighted by Crippen LogP contribution is 2.27. The number of hydrogen-bond acceptors (Lipinski definition) is 7. The summed E-state index contributed by atoms with van der Waals surface area (Å²) in [4.78, 5) is 4.41. The molecule has 0 radical (unpaired) electrons. The molecule has 0 aliphatic heterocycles. The Balaban J connectivity index is 1.61. The molecule has 2 aromatic carbocycles. The first-order valence-corrected chi connectivity index (χ1v) is 8.69. The largest absolute Gasteiger partial charge is 0.493 e. The van der Waals surface area contributed by atoms with Gasteiger partial charge in [-0.3, -0.25) is 0 Å². The van der Waals surface area contributed by atoms with E-state index in [1.54, 1.807) is 20.4 Å². The number of halogens is 1. The molecule has 1 heterocycles. The summed E-state index contributed by atoms with van der Waals surface area (Å²) in [6, 6.07) is 13.4. The van der Waals surface area contributed by atoms with E-state index in [4.69, 9.17) is 21.1 Å². The second-order valence-corrected chi connectivity index (χ2v) is 6.06. The average molecular weight is 386 g/mol. The van der Waals surface area contributed by atoms with Crippen molar-refractivity contribution in [2.24, 2.45) is 0 Å². The van der Waals surface area contributed by atoms with Crippen LogP contribution in [0.4, 0.5) is 11.8 Å². The minimum absolute atomic E-state index is 0.423. The van der Waals surface area contributed by atoms with E-state index >= 15 is 0 Å². The predicted molar refractivity (Wildman–Crippen MR) is 105 cm³/mol. The highest BCUT2D eigenvalue weighted by Gasteiger charge is 2.06. The van der Waals surface area contributed by atoms with Gasteiger partial charge in [0, 0.05) is 18.1 Å². The van der Waals surface area contributed by atoms with E-state index in [9.17, 15) is 0 Å². The molecular weight excluding hydrogens is 366 g/mol. The molecule has 3 rings (SSSR count). The minimum atomic E-state index is 0.423. The first-order valence-electron chi connectivity index (χ1n) is 8.31. The fourth-order valence-electron chi connectivity index (χ4n) is 2.46. The summed E-state index contributed by atoms with van der Waals surface area (Å²) >= 11 is 6.16. The van der Waals surface area contributed by atoms with Crippen LogP contribution in [0.5, 0.6) is 11.5 Å². The molecule has 0 unspecified atom stereocenters. The van der Waals surface area contributed by atoms with Gasteiger partial charge in [0.15, 0.2) is 17.3 Å². The third-order valence-corrected chi connectivity index (χ3v) is 4.24. The van der Waals surface area contributed by atoms with E-state index in [2.05, 4.69) is 25.8 Å². The Bertz CT molecular complexity index is 907.